The average Bonchev–Trinajstić information content (AvgIpc) is 2.98. The zero-order chi connectivity index (χ0) is 14.4. The summed E-state index contributed by atoms with van der Waals surface area (Å²) in [4.78, 5) is 24.4. The van der Waals surface area contributed by atoms with E-state index >= 15 is 0 Å². The molecular weight excluding hydrogens is 292 g/mol. The molecule has 0 saturated heterocycles. The molecule has 0 aliphatic rings. The van der Waals surface area contributed by atoms with Gasteiger partial charge < -0.3 is 10.6 Å². The molecule has 2 aromatic rings. The summed E-state index contributed by atoms with van der Waals surface area (Å²) in [5.74, 6) is -1.28. The predicted molar refractivity (Wildman–Crippen MR) is 83.0 cm³/mol. The molecule has 0 bridgehead atoms. The van der Waals surface area contributed by atoms with Crippen molar-refractivity contribution in [1.82, 2.24) is 5.32 Å². The molecule has 0 aliphatic carbocycles. The van der Waals surface area contributed by atoms with Crippen molar-refractivity contribution < 1.29 is 9.59 Å². The number of amides is 2. The van der Waals surface area contributed by atoms with Crippen molar-refractivity contribution in [2.24, 2.45) is 0 Å². The van der Waals surface area contributed by atoms with Crippen LogP contribution in [0.1, 0.15) is 5.56 Å². The maximum Gasteiger partial charge on any atom is 0.313 e. The van der Waals surface area contributed by atoms with Gasteiger partial charge in [-0.2, -0.15) is 11.3 Å². The highest BCUT2D eigenvalue weighted by Crippen LogP contribution is 2.24. The molecule has 0 unspecified atom stereocenters. The van der Waals surface area contributed by atoms with Gasteiger partial charge in [-0.1, -0.05) is 12.1 Å². The summed E-state index contributed by atoms with van der Waals surface area (Å²) in [6.45, 7) is 0.361. The van der Waals surface area contributed by atoms with Crippen molar-refractivity contribution in [2.75, 3.05) is 11.6 Å². The van der Waals surface area contributed by atoms with Crippen molar-refractivity contribution in [3.8, 4) is 0 Å². The Bertz CT molecular complexity index is 597. The number of nitrogens with one attached hydrogen (secondary N) is 2. The van der Waals surface area contributed by atoms with Crippen LogP contribution < -0.4 is 10.6 Å². The smallest absolute Gasteiger partial charge is 0.313 e. The number of hydrogen-bond acceptors (Lipinski definition) is 4. The highest BCUT2D eigenvalue weighted by molar-refractivity contribution is 7.98. The van der Waals surface area contributed by atoms with Gasteiger partial charge in [0.15, 0.2) is 0 Å². The molecule has 4 nitrogen and oxygen atoms in total. The number of benzene rings is 1. The van der Waals surface area contributed by atoms with Crippen LogP contribution in [-0.4, -0.2) is 18.1 Å². The Morgan fingerprint density at radius 3 is 2.70 bits per heavy atom. The predicted octanol–water partition coefficient (Wildman–Crippen LogP) is 2.72. The number of thioether (sulfide) groups is 1. The van der Waals surface area contributed by atoms with Crippen LogP contribution in [0, 0.1) is 0 Å². The van der Waals surface area contributed by atoms with E-state index in [-0.39, 0.29) is 0 Å². The van der Waals surface area contributed by atoms with Gasteiger partial charge in [0.25, 0.3) is 0 Å². The van der Waals surface area contributed by atoms with Crippen LogP contribution in [-0.2, 0) is 16.1 Å². The molecule has 6 heteroatoms. The van der Waals surface area contributed by atoms with Crippen molar-refractivity contribution >= 4 is 40.6 Å². The van der Waals surface area contributed by atoms with Gasteiger partial charge >= 0.3 is 11.8 Å². The van der Waals surface area contributed by atoms with E-state index in [0.29, 0.717) is 12.2 Å². The van der Waals surface area contributed by atoms with E-state index in [1.54, 1.807) is 17.4 Å². The first kappa shape index (κ1) is 14.6. The minimum Gasteiger partial charge on any atom is -0.344 e. The average molecular weight is 306 g/mol. The lowest BCUT2D eigenvalue weighted by molar-refractivity contribution is -0.136. The number of rotatable bonds is 4. The SMILES string of the molecule is CSc1ccccc1NC(=O)C(=O)NCc1ccsc1. The van der Waals surface area contributed by atoms with Gasteiger partial charge in [0.2, 0.25) is 0 Å². The van der Waals surface area contributed by atoms with Crippen molar-refractivity contribution in [3.63, 3.8) is 0 Å². The first-order valence-corrected chi connectivity index (χ1v) is 8.10. The summed E-state index contributed by atoms with van der Waals surface area (Å²) in [5.41, 5.74) is 1.64. The monoisotopic (exact) mass is 306 g/mol. The van der Waals surface area contributed by atoms with Gasteiger partial charge in [-0.15, -0.1) is 11.8 Å². The van der Waals surface area contributed by atoms with E-state index in [1.165, 1.54) is 11.8 Å². The molecule has 0 spiro atoms. The van der Waals surface area contributed by atoms with Gasteiger partial charge in [0, 0.05) is 11.4 Å². The number of hydrogen-bond donors (Lipinski definition) is 2. The second kappa shape index (κ2) is 7.12. The fourth-order valence-electron chi connectivity index (χ4n) is 1.58. The van der Waals surface area contributed by atoms with Gasteiger partial charge in [-0.05, 0) is 40.8 Å². The first-order chi connectivity index (χ1) is 9.70. The number of carbonyl (C=O) groups excluding carboxylic acids is 2. The molecule has 1 aromatic heterocycles. The van der Waals surface area contributed by atoms with Gasteiger partial charge in [0.1, 0.15) is 0 Å². The van der Waals surface area contributed by atoms with E-state index in [1.807, 2.05) is 41.3 Å². The Balaban J connectivity index is 1.92. The zero-order valence-corrected chi connectivity index (χ0v) is 12.5. The van der Waals surface area contributed by atoms with Crippen LogP contribution in [0.2, 0.25) is 0 Å². The Morgan fingerprint density at radius 2 is 2.00 bits per heavy atom. The number of carbonyl (C=O) groups is 2. The molecule has 2 amide bonds. The fraction of sp³-hybridized carbons (Fsp3) is 0.143. The third-order valence-electron chi connectivity index (χ3n) is 2.59. The molecule has 104 valence electrons. The maximum atomic E-state index is 11.8. The largest absolute Gasteiger partial charge is 0.344 e. The molecule has 0 saturated carbocycles. The summed E-state index contributed by atoms with van der Waals surface area (Å²) >= 11 is 3.07. The van der Waals surface area contributed by atoms with Crippen LogP contribution in [0.25, 0.3) is 0 Å². The van der Waals surface area contributed by atoms with Crippen molar-refractivity contribution in [1.29, 1.82) is 0 Å². The maximum absolute atomic E-state index is 11.8. The summed E-state index contributed by atoms with van der Waals surface area (Å²) in [6, 6.07) is 9.28. The fourth-order valence-corrected chi connectivity index (χ4v) is 2.81. The summed E-state index contributed by atoms with van der Waals surface area (Å²) in [5, 5.41) is 9.07. The highest BCUT2D eigenvalue weighted by atomic mass is 32.2. The second-order valence-corrected chi connectivity index (χ2v) is 5.60. The summed E-state index contributed by atoms with van der Waals surface area (Å²) < 4.78 is 0. The standard InChI is InChI=1S/C14H14N2O2S2/c1-19-12-5-3-2-4-11(12)16-14(18)13(17)15-8-10-6-7-20-9-10/h2-7,9H,8H2,1H3,(H,15,17)(H,16,18). The Kier molecular flexibility index (Phi) is 5.20. The lowest BCUT2D eigenvalue weighted by atomic mass is 10.3. The third-order valence-corrected chi connectivity index (χ3v) is 4.12. The lowest BCUT2D eigenvalue weighted by Crippen LogP contribution is -2.34. The van der Waals surface area contributed by atoms with Gasteiger partial charge in [0.05, 0.1) is 5.69 Å². The number of anilines is 1. The van der Waals surface area contributed by atoms with Crippen LogP contribution in [0.3, 0.4) is 0 Å². The van der Waals surface area contributed by atoms with E-state index in [9.17, 15) is 9.59 Å². The van der Waals surface area contributed by atoms with E-state index in [2.05, 4.69) is 10.6 Å². The quantitative estimate of drug-likeness (QED) is 0.674. The molecule has 0 aliphatic heterocycles. The van der Waals surface area contributed by atoms with E-state index < -0.39 is 11.8 Å². The third kappa shape index (κ3) is 3.85. The molecule has 0 fully saturated rings. The molecule has 1 aromatic carbocycles. The van der Waals surface area contributed by atoms with Crippen LogP contribution in [0.5, 0.6) is 0 Å². The van der Waals surface area contributed by atoms with Crippen molar-refractivity contribution in [3.05, 3.63) is 46.7 Å². The number of para-hydroxylation sites is 1. The molecule has 0 atom stereocenters. The van der Waals surface area contributed by atoms with Gasteiger partial charge in [-0.3, -0.25) is 9.59 Å². The molecule has 2 N–H and O–H groups in total. The highest BCUT2D eigenvalue weighted by Gasteiger charge is 2.14. The van der Waals surface area contributed by atoms with Gasteiger partial charge in [-0.25, -0.2) is 0 Å². The summed E-state index contributed by atoms with van der Waals surface area (Å²) in [7, 11) is 0. The Hall–Kier alpha value is -1.79. The molecule has 2 rings (SSSR count). The second-order valence-electron chi connectivity index (χ2n) is 3.97. The Labute approximate surface area is 125 Å². The minimum atomic E-state index is -0.651. The normalized spacial score (nSPS) is 10.1. The van der Waals surface area contributed by atoms with Crippen LogP contribution in [0.15, 0.2) is 46.0 Å². The van der Waals surface area contributed by atoms with Crippen molar-refractivity contribution in [2.45, 2.75) is 11.4 Å². The van der Waals surface area contributed by atoms with Crippen LogP contribution >= 0.6 is 23.1 Å². The van der Waals surface area contributed by atoms with E-state index in [0.717, 1.165) is 10.5 Å². The first-order valence-electron chi connectivity index (χ1n) is 5.94. The Morgan fingerprint density at radius 1 is 1.20 bits per heavy atom. The van der Waals surface area contributed by atoms with Crippen LogP contribution in [0.4, 0.5) is 5.69 Å². The minimum absolute atomic E-state index is 0.361. The van der Waals surface area contributed by atoms with E-state index in [4.69, 9.17) is 0 Å². The molecular formula is C14H14N2O2S2. The molecule has 1 heterocycles. The topological polar surface area (TPSA) is 58.2 Å². The summed E-state index contributed by atoms with van der Waals surface area (Å²) in [6.07, 6.45) is 1.92. The molecule has 0 radical (unpaired) electrons. The lowest BCUT2D eigenvalue weighted by Gasteiger charge is -2.09. The zero-order valence-electron chi connectivity index (χ0n) is 10.9. The number of thiophene rings is 1. The molecule has 20 heavy (non-hydrogen) atoms.